The van der Waals surface area contributed by atoms with Gasteiger partial charge in [-0.1, -0.05) is 12.1 Å². The number of benzene rings is 1. The summed E-state index contributed by atoms with van der Waals surface area (Å²) in [7, 11) is 2.80. The molecule has 1 fully saturated rings. The summed E-state index contributed by atoms with van der Waals surface area (Å²) >= 11 is 0. The highest BCUT2D eigenvalue weighted by Gasteiger charge is 2.34. The van der Waals surface area contributed by atoms with E-state index in [4.69, 9.17) is 14.2 Å². The van der Waals surface area contributed by atoms with E-state index in [1.807, 2.05) is 0 Å². The van der Waals surface area contributed by atoms with Crippen LogP contribution in [0.1, 0.15) is 10.4 Å². The molecule has 1 aromatic rings. The van der Waals surface area contributed by atoms with Crippen LogP contribution in [0.15, 0.2) is 24.3 Å². The van der Waals surface area contributed by atoms with Crippen molar-refractivity contribution in [2.75, 3.05) is 34.0 Å². The van der Waals surface area contributed by atoms with E-state index in [0.29, 0.717) is 24.5 Å². The van der Waals surface area contributed by atoms with Crippen LogP contribution in [-0.2, 0) is 14.3 Å². The predicted molar refractivity (Wildman–Crippen MR) is 70.7 cm³/mol. The van der Waals surface area contributed by atoms with Crippen LogP contribution in [0.5, 0.6) is 5.75 Å². The van der Waals surface area contributed by atoms with Crippen molar-refractivity contribution in [2.24, 2.45) is 0 Å². The van der Waals surface area contributed by atoms with Crippen molar-refractivity contribution in [1.29, 1.82) is 0 Å². The number of morpholine rings is 1. The number of carbonyl (C=O) groups excluding carboxylic acids is 2. The molecule has 1 aromatic carbocycles. The molecule has 0 bridgehead atoms. The Labute approximate surface area is 117 Å². The van der Waals surface area contributed by atoms with E-state index in [1.165, 1.54) is 19.1 Å². The summed E-state index contributed by atoms with van der Waals surface area (Å²) < 4.78 is 15.2. The average Bonchev–Trinajstić information content (AvgIpc) is 2.53. The number of hydrogen-bond donors (Lipinski definition) is 0. The zero-order valence-corrected chi connectivity index (χ0v) is 11.5. The van der Waals surface area contributed by atoms with Gasteiger partial charge in [-0.05, 0) is 12.1 Å². The Morgan fingerprint density at radius 3 is 2.75 bits per heavy atom. The van der Waals surface area contributed by atoms with Gasteiger partial charge >= 0.3 is 5.97 Å². The summed E-state index contributed by atoms with van der Waals surface area (Å²) in [5.41, 5.74) is 0.422. The lowest BCUT2D eigenvalue weighted by Crippen LogP contribution is -2.53. The fourth-order valence-corrected chi connectivity index (χ4v) is 2.15. The molecule has 1 unspecified atom stereocenters. The summed E-state index contributed by atoms with van der Waals surface area (Å²) in [5.74, 6) is -0.262. The maximum Gasteiger partial charge on any atom is 0.331 e. The third-order valence-corrected chi connectivity index (χ3v) is 3.20. The number of methoxy groups -OCH3 is 2. The van der Waals surface area contributed by atoms with Gasteiger partial charge in [0.05, 0.1) is 33.0 Å². The lowest BCUT2D eigenvalue weighted by Gasteiger charge is -2.33. The van der Waals surface area contributed by atoms with Gasteiger partial charge in [-0.25, -0.2) is 4.79 Å². The van der Waals surface area contributed by atoms with E-state index in [9.17, 15) is 9.59 Å². The molecule has 0 N–H and O–H groups in total. The van der Waals surface area contributed by atoms with Crippen LogP contribution in [0.25, 0.3) is 0 Å². The number of rotatable bonds is 3. The summed E-state index contributed by atoms with van der Waals surface area (Å²) in [6.45, 7) is 0.887. The van der Waals surface area contributed by atoms with Gasteiger partial charge in [-0.2, -0.15) is 0 Å². The predicted octanol–water partition coefficient (Wildman–Crippen LogP) is 0.709. The van der Waals surface area contributed by atoms with E-state index >= 15 is 0 Å². The van der Waals surface area contributed by atoms with Gasteiger partial charge < -0.3 is 19.1 Å². The normalized spacial score (nSPS) is 18.5. The first-order valence-corrected chi connectivity index (χ1v) is 6.28. The molecule has 0 radical (unpaired) electrons. The molecule has 0 saturated carbocycles. The number of para-hydroxylation sites is 1. The molecule has 0 aromatic heterocycles. The number of ether oxygens (including phenoxy) is 3. The third kappa shape index (κ3) is 2.75. The van der Waals surface area contributed by atoms with Gasteiger partial charge in [0, 0.05) is 6.54 Å². The second kappa shape index (κ2) is 6.38. The van der Waals surface area contributed by atoms with E-state index in [1.54, 1.807) is 24.3 Å². The number of hydrogen-bond acceptors (Lipinski definition) is 5. The number of nitrogens with zero attached hydrogens (tertiary/aromatic N) is 1. The molecule has 0 spiro atoms. The fraction of sp³-hybridized carbons (Fsp3) is 0.429. The highest BCUT2D eigenvalue weighted by atomic mass is 16.5. The van der Waals surface area contributed by atoms with Crippen molar-refractivity contribution in [3.63, 3.8) is 0 Å². The average molecular weight is 279 g/mol. The highest BCUT2D eigenvalue weighted by molar-refractivity contribution is 5.99. The van der Waals surface area contributed by atoms with Crippen LogP contribution in [0.2, 0.25) is 0 Å². The summed E-state index contributed by atoms with van der Waals surface area (Å²) in [6, 6.07) is 6.20. The summed E-state index contributed by atoms with van der Waals surface area (Å²) in [6.07, 6.45) is 0. The SMILES string of the molecule is COC(=O)C1COCCN1C(=O)c1ccccc1OC. The van der Waals surface area contributed by atoms with Gasteiger partial charge in [0.1, 0.15) is 5.75 Å². The Balaban J connectivity index is 2.27. The second-order valence-corrected chi connectivity index (χ2v) is 4.31. The molecule has 2 rings (SSSR count). The molecular weight excluding hydrogens is 262 g/mol. The zero-order chi connectivity index (χ0) is 14.5. The third-order valence-electron chi connectivity index (χ3n) is 3.20. The minimum Gasteiger partial charge on any atom is -0.496 e. The molecule has 1 atom stereocenters. The first-order chi connectivity index (χ1) is 9.69. The highest BCUT2D eigenvalue weighted by Crippen LogP contribution is 2.21. The zero-order valence-electron chi connectivity index (χ0n) is 11.5. The minimum absolute atomic E-state index is 0.146. The molecule has 1 aliphatic heterocycles. The molecule has 108 valence electrons. The summed E-state index contributed by atoms with van der Waals surface area (Å²) in [5, 5.41) is 0. The maximum absolute atomic E-state index is 12.6. The van der Waals surface area contributed by atoms with E-state index in [-0.39, 0.29) is 12.5 Å². The lowest BCUT2D eigenvalue weighted by atomic mass is 10.1. The molecule has 0 aliphatic carbocycles. The van der Waals surface area contributed by atoms with Crippen molar-refractivity contribution in [3.05, 3.63) is 29.8 Å². The molecule has 1 heterocycles. The molecular formula is C14H17NO5. The first-order valence-electron chi connectivity index (χ1n) is 6.28. The minimum atomic E-state index is -0.717. The van der Waals surface area contributed by atoms with Gasteiger partial charge in [-0.15, -0.1) is 0 Å². The first kappa shape index (κ1) is 14.3. The molecule has 6 nitrogen and oxygen atoms in total. The van der Waals surface area contributed by atoms with Crippen LogP contribution in [-0.4, -0.2) is 56.8 Å². The molecule has 1 aliphatic rings. The van der Waals surface area contributed by atoms with E-state index in [2.05, 4.69) is 0 Å². The van der Waals surface area contributed by atoms with Crippen LogP contribution in [0.3, 0.4) is 0 Å². The lowest BCUT2D eigenvalue weighted by molar-refractivity contribution is -0.151. The van der Waals surface area contributed by atoms with Gasteiger partial charge in [0.2, 0.25) is 0 Å². The standard InChI is InChI=1S/C14H17NO5/c1-18-12-6-4-3-5-10(12)13(16)15-7-8-20-9-11(15)14(17)19-2/h3-6,11H,7-9H2,1-2H3. The molecule has 6 heteroatoms. The Bertz CT molecular complexity index is 502. The smallest absolute Gasteiger partial charge is 0.331 e. The molecule has 20 heavy (non-hydrogen) atoms. The quantitative estimate of drug-likeness (QED) is 0.762. The van der Waals surface area contributed by atoms with Gasteiger partial charge in [0.25, 0.3) is 5.91 Å². The molecule has 1 amide bonds. The van der Waals surface area contributed by atoms with Crippen molar-refractivity contribution in [2.45, 2.75) is 6.04 Å². The van der Waals surface area contributed by atoms with Gasteiger partial charge in [-0.3, -0.25) is 4.79 Å². The van der Waals surface area contributed by atoms with Gasteiger partial charge in [0.15, 0.2) is 6.04 Å². The van der Waals surface area contributed by atoms with Crippen LogP contribution < -0.4 is 4.74 Å². The Kier molecular flexibility index (Phi) is 4.57. The topological polar surface area (TPSA) is 65.1 Å². The van der Waals surface area contributed by atoms with Crippen LogP contribution in [0, 0.1) is 0 Å². The fourth-order valence-electron chi connectivity index (χ4n) is 2.15. The Morgan fingerprint density at radius 2 is 2.05 bits per heavy atom. The second-order valence-electron chi connectivity index (χ2n) is 4.31. The van der Waals surface area contributed by atoms with Crippen LogP contribution >= 0.6 is 0 Å². The van der Waals surface area contributed by atoms with Crippen molar-refractivity contribution < 1.29 is 23.8 Å². The molecule has 1 saturated heterocycles. The Morgan fingerprint density at radius 1 is 1.30 bits per heavy atom. The van der Waals surface area contributed by atoms with Crippen LogP contribution in [0.4, 0.5) is 0 Å². The maximum atomic E-state index is 12.6. The van der Waals surface area contributed by atoms with Crippen molar-refractivity contribution in [1.82, 2.24) is 4.90 Å². The monoisotopic (exact) mass is 279 g/mol. The van der Waals surface area contributed by atoms with Crippen molar-refractivity contribution >= 4 is 11.9 Å². The van der Waals surface area contributed by atoms with E-state index in [0.717, 1.165) is 0 Å². The van der Waals surface area contributed by atoms with Crippen molar-refractivity contribution in [3.8, 4) is 5.75 Å². The number of amides is 1. The number of esters is 1. The summed E-state index contributed by atoms with van der Waals surface area (Å²) in [4.78, 5) is 25.8. The van der Waals surface area contributed by atoms with E-state index < -0.39 is 12.0 Å². The Hall–Kier alpha value is -2.08. The number of carbonyl (C=O) groups is 2. The largest absolute Gasteiger partial charge is 0.496 e.